The number of hydrogen-bond donors (Lipinski definition) is 3. The molecule has 1 atom stereocenters. The summed E-state index contributed by atoms with van der Waals surface area (Å²) in [5, 5.41) is 13.9. The molecule has 0 saturated carbocycles. The van der Waals surface area contributed by atoms with Crippen LogP contribution >= 0.6 is 0 Å². The number of carbonyl (C=O) groups is 2. The van der Waals surface area contributed by atoms with Crippen LogP contribution < -0.4 is 51.4 Å². The summed E-state index contributed by atoms with van der Waals surface area (Å²) in [5.74, 6) is -3.50. The molecule has 7 nitrogen and oxygen atoms in total. The molecule has 0 spiro atoms. The van der Waals surface area contributed by atoms with Crippen LogP contribution in [0.3, 0.4) is 0 Å². The van der Waals surface area contributed by atoms with Crippen molar-refractivity contribution in [2.45, 2.75) is 44.3 Å². The van der Waals surface area contributed by atoms with Gasteiger partial charge in [-0.25, -0.2) is 0 Å². The molecule has 0 fully saturated rings. The predicted octanol–water partition coefficient (Wildman–Crippen LogP) is -1.79. The molecular formula is C10H19KO7S. The van der Waals surface area contributed by atoms with Crippen LogP contribution in [0.2, 0.25) is 0 Å². The average molecular weight is 322 g/mol. The molecule has 0 heterocycles. The van der Waals surface area contributed by atoms with Gasteiger partial charge in [0.1, 0.15) is 0 Å². The first-order valence-electron chi connectivity index (χ1n) is 5.36. The van der Waals surface area contributed by atoms with Crippen molar-refractivity contribution in [3.8, 4) is 0 Å². The summed E-state index contributed by atoms with van der Waals surface area (Å²) in [6.07, 6.45) is 3.91. The number of carboxylic acids is 2. The molecule has 0 aliphatic rings. The van der Waals surface area contributed by atoms with Gasteiger partial charge in [0, 0.05) is 0 Å². The number of hydrogen-bond acceptors (Lipinski definition) is 4. The summed E-state index contributed by atoms with van der Waals surface area (Å²) in [6.45, 7) is 5.93. The van der Waals surface area contributed by atoms with E-state index in [0.717, 1.165) is 6.42 Å². The van der Waals surface area contributed by atoms with E-state index in [-0.39, 0.29) is 51.4 Å². The van der Waals surface area contributed by atoms with E-state index in [1.165, 1.54) is 19.3 Å². The molecule has 0 saturated heterocycles. The minimum absolute atomic E-state index is 0. The molecule has 0 rings (SSSR count). The van der Waals surface area contributed by atoms with Gasteiger partial charge in [0.2, 0.25) is 0 Å². The molecule has 0 radical (unpaired) electrons. The SMILES string of the molecule is O=C(O)CC(C(=O)O)S(=O)(=O)O.[CH2-]CCCCC.[K+]. The summed E-state index contributed by atoms with van der Waals surface area (Å²) in [4.78, 5) is 20.0. The largest absolute Gasteiger partial charge is 1.00 e. The van der Waals surface area contributed by atoms with E-state index in [4.69, 9.17) is 14.8 Å². The van der Waals surface area contributed by atoms with Crippen molar-refractivity contribution in [2.75, 3.05) is 0 Å². The van der Waals surface area contributed by atoms with E-state index < -0.39 is 33.7 Å². The zero-order valence-corrected chi connectivity index (χ0v) is 15.1. The number of rotatable bonds is 7. The van der Waals surface area contributed by atoms with E-state index in [2.05, 4.69) is 13.8 Å². The van der Waals surface area contributed by atoms with Crippen molar-refractivity contribution in [3.63, 3.8) is 0 Å². The minimum Gasteiger partial charge on any atom is -0.481 e. The van der Waals surface area contributed by atoms with Crippen LogP contribution in [0.1, 0.15) is 39.0 Å². The van der Waals surface area contributed by atoms with Crippen molar-refractivity contribution in [2.24, 2.45) is 0 Å². The van der Waals surface area contributed by atoms with Gasteiger partial charge in [0.25, 0.3) is 10.1 Å². The van der Waals surface area contributed by atoms with Crippen LogP contribution in [0.15, 0.2) is 0 Å². The van der Waals surface area contributed by atoms with E-state index >= 15 is 0 Å². The van der Waals surface area contributed by atoms with Crippen molar-refractivity contribution >= 4 is 22.1 Å². The standard InChI is InChI=1S/C6H13.C4H6O7S.K/c1-3-5-6-4-2;5-3(6)1-2(4(7)8)12(9,10)11;/h1,3-6H2,2H3;2H,1H2,(H,5,6)(H,7,8)(H,9,10,11);/q-1;;+1. The Morgan fingerprint density at radius 3 is 1.79 bits per heavy atom. The van der Waals surface area contributed by atoms with Crippen molar-refractivity contribution < 1.29 is 84.2 Å². The molecular weight excluding hydrogens is 303 g/mol. The molecule has 0 aromatic carbocycles. The van der Waals surface area contributed by atoms with Crippen molar-refractivity contribution in [1.29, 1.82) is 0 Å². The Kier molecular flexibility index (Phi) is 17.4. The molecule has 3 N–H and O–H groups in total. The molecule has 19 heavy (non-hydrogen) atoms. The van der Waals surface area contributed by atoms with Gasteiger partial charge in [0.05, 0.1) is 6.42 Å². The van der Waals surface area contributed by atoms with Gasteiger partial charge in [-0.15, -0.1) is 0 Å². The van der Waals surface area contributed by atoms with Gasteiger partial charge < -0.3 is 17.1 Å². The fourth-order valence-corrected chi connectivity index (χ4v) is 1.51. The fourth-order valence-electron chi connectivity index (χ4n) is 0.905. The summed E-state index contributed by atoms with van der Waals surface area (Å²) in [6, 6.07) is 0. The first-order valence-corrected chi connectivity index (χ1v) is 6.87. The number of aliphatic carboxylic acids is 2. The third kappa shape index (κ3) is 16.4. The average Bonchev–Trinajstić information content (AvgIpc) is 2.21. The Hall–Kier alpha value is 0.486. The zero-order chi connectivity index (χ0) is 14.8. The summed E-state index contributed by atoms with van der Waals surface area (Å²) >= 11 is 0. The molecule has 9 heteroatoms. The van der Waals surface area contributed by atoms with Crippen molar-refractivity contribution in [3.05, 3.63) is 6.92 Å². The maximum atomic E-state index is 10.2. The van der Waals surface area contributed by atoms with Gasteiger partial charge in [0.15, 0.2) is 5.25 Å². The Balaban J connectivity index is -0.000000313. The third-order valence-electron chi connectivity index (χ3n) is 1.85. The van der Waals surface area contributed by atoms with Crippen molar-refractivity contribution in [1.82, 2.24) is 0 Å². The molecule has 0 aliphatic carbocycles. The van der Waals surface area contributed by atoms with Gasteiger partial charge >= 0.3 is 63.3 Å². The monoisotopic (exact) mass is 322 g/mol. The maximum absolute atomic E-state index is 10.2. The summed E-state index contributed by atoms with van der Waals surface area (Å²) in [7, 11) is -4.84. The smallest absolute Gasteiger partial charge is 0.481 e. The Morgan fingerprint density at radius 2 is 1.68 bits per heavy atom. The topological polar surface area (TPSA) is 129 Å². The molecule has 0 amide bonds. The molecule has 0 aromatic heterocycles. The number of unbranched alkanes of at least 4 members (excludes halogenated alkanes) is 3. The van der Waals surface area contributed by atoms with Crippen LogP contribution in [0.4, 0.5) is 0 Å². The van der Waals surface area contributed by atoms with E-state index in [0.29, 0.717) is 0 Å². The Labute approximate surface area is 155 Å². The fraction of sp³-hybridized carbons (Fsp3) is 0.700. The van der Waals surface area contributed by atoms with Gasteiger partial charge in [-0.2, -0.15) is 14.8 Å². The Morgan fingerprint density at radius 1 is 1.21 bits per heavy atom. The zero-order valence-electron chi connectivity index (χ0n) is 11.2. The second kappa shape index (κ2) is 13.5. The molecule has 1 unspecified atom stereocenters. The molecule has 0 aliphatic heterocycles. The van der Waals surface area contributed by atoms with E-state index in [9.17, 15) is 18.0 Å². The van der Waals surface area contributed by atoms with Crippen LogP contribution in [0, 0.1) is 6.92 Å². The van der Waals surface area contributed by atoms with Crippen LogP contribution in [-0.2, 0) is 19.7 Å². The summed E-state index contributed by atoms with van der Waals surface area (Å²) < 4.78 is 28.7. The molecule has 0 bridgehead atoms. The van der Waals surface area contributed by atoms with E-state index in [1.807, 2.05) is 0 Å². The van der Waals surface area contributed by atoms with Gasteiger partial charge in [-0.1, -0.05) is 26.2 Å². The minimum atomic E-state index is -4.84. The second-order valence-electron chi connectivity index (χ2n) is 3.50. The first-order chi connectivity index (χ1) is 8.16. The normalized spacial score (nSPS) is 11.5. The van der Waals surface area contributed by atoms with Gasteiger partial charge in [-0.05, 0) is 0 Å². The quantitative estimate of drug-likeness (QED) is 0.218. The first kappa shape index (κ1) is 24.5. The van der Waals surface area contributed by atoms with Crippen LogP contribution in [-0.4, -0.2) is 40.4 Å². The molecule has 108 valence electrons. The van der Waals surface area contributed by atoms with Crippen LogP contribution in [0.5, 0.6) is 0 Å². The van der Waals surface area contributed by atoms with E-state index in [1.54, 1.807) is 0 Å². The predicted molar refractivity (Wildman–Crippen MR) is 64.7 cm³/mol. The van der Waals surface area contributed by atoms with Gasteiger partial charge in [-0.3, -0.25) is 14.1 Å². The third-order valence-corrected chi connectivity index (χ3v) is 2.94. The molecule has 0 aromatic rings. The summed E-state index contributed by atoms with van der Waals surface area (Å²) in [5.41, 5.74) is 0. The Bertz CT molecular complexity index is 349. The van der Waals surface area contributed by atoms with Crippen LogP contribution in [0.25, 0.3) is 0 Å². The maximum Gasteiger partial charge on any atom is 1.00 e. The second-order valence-corrected chi connectivity index (χ2v) is 5.10. The number of carboxylic acid groups (broad SMARTS) is 2.